The molecule has 2 aromatic carbocycles. The smallest absolute Gasteiger partial charge is 0.154 e. The van der Waals surface area contributed by atoms with Gasteiger partial charge in [0.25, 0.3) is 0 Å². The molecule has 0 N–H and O–H groups in total. The summed E-state index contributed by atoms with van der Waals surface area (Å²) in [5.74, 6) is 1.58. The molecule has 2 nitrogen and oxygen atoms in total. The van der Waals surface area contributed by atoms with Gasteiger partial charge in [0.15, 0.2) is 6.29 Å². The van der Waals surface area contributed by atoms with Crippen LogP contribution in [0.15, 0.2) is 53.4 Å². The first-order valence-electron chi connectivity index (χ1n) is 6.23. The second kappa shape index (κ2) is 7.00. The molecule has 0 amide bonds. The van der Waals surface area contributed by atoms with E-state index in [2.05, 4.69) is 6.92 Å². The first kappa shape index (κ1) is 13.7. The molecule has 0 aliphatic carbocycles. The number of carbonyl (C=O) groups is 1. The maximum atomic E-state index is 11.2. The van der Waals surface area contributed by atoms with Crippen molar-refractivity contribution in [2.45, 2.75) is 18.4 Å². The van der Waals surface area contributed by atoms with Gasteiger partial charge in [0.2, 0.25) is 0 Å². The standard InChI is InChI=1S/C16H16O2S/c1-2-19-16-10-6-9-15(14(16)11-17)18-12-13-7-4-3-5-8-13/h3-11H,2,12H2,1H3. The summed E-state index contributed by atoms with van der Waals surface area (Å²) < 4.78 is 5.76. The molecule has 3 heteroatoms. The Morgan fingerprint density at radius 2 is 1.89 bits per heavy atom. The summed E-state index contributed by atoms with van der Waals surface area (Å²) in [5.41, 5.74) is 1.73. The first-order valence-corrected chi connectivity index (χ1v) is 7.21. The summed E-state index contributed by atoms with van der Waals surface area (Å²) in [5, 5.41) is 0. The molecule has 98 valence electrons. The van der Waals surface area contributed by atoms with Crippen molar-refractivity contribution in [3.05, 3.63) is 59.7 Å². The topological polar surface area (TPSA) is 26.3 Å². The summed E-state index contributed by atoms with van der Waals surface area (Å²) in [4.78, 5) is 12.2. The number of aldehydes is 1. The van der Waals surface area contributed by atoms with E-state index in [1.165, 1.54) is 0 Å². The molecular formula is C16H16O2S. The second-order valence-corrected chi connectivity index (χ2v) is 5.30. The summed E-state index contributed by atoms with van der Waals surface area (Å²) in [6, 6.07) is 15.6. The molecule has 0 spiro atoms. The van der Waals surface area contributed by atoms with E-state index in [0.717, 1.165) is 22.5 Å². The van der Waals surface area contributed by atoms with Crippen molar-refractivity contribution in [2.75, 3.05) is 5.75 Å². The lowest BCUT2D eigenvalue weighted by molar-refractivity contribution is 0.111. The Morgan fingerprint density at radius 1 is 1.11 bits per heavy atom. The average Bonchev–Trinajstić information content (AvgIpc) is 2.46. The monoisotopic (exact) mass is 272 g/mol. The van der Waals surface area contributed by atoms with Crippen LogP contribution in [0.25, 0.3) is 0 Å². The highest BCUT2D eigenvalue weighted by Crippen LogP contribution is 2.29. The lowest BCUT2D eigenvalue weighted by atomic mass is 10.2. The molecule has 0 heterocycles. The largest absolute Gasteiger partial charge is 0.488 e. The highest BCUT2D eigenvalue weighted by Gasteiger charge is 2.08. The number of ether oxygens (including phenoxy) is 1. The van der Waals surface area contributed by atoms with Gasteiger partial charge in [-0.2, -0.15) is 0 Å². The fraction of sp³-hybridized carbons (Fsp3) is 0.188. The zero-order valence-electron chi connectivity index (χ0n) is 10.8. The fourth-order valence-corrected chi connectivity index (χ4v) is 2.57. The summed E-state index contributed by atoms with van der Waals surface area (Å²) >= 11 is 1.65. The summed E-state index contributed by atoms with van der Waals surface area (Å²) in [6.07, 6.45) is 0.873. The molecule has 0 saturated carbocycles. The number of hydrogen-bond acceptors (Lipinski definition) is 3. The molecule has 0 unspecified atom stereocenters. The van der Waals surface area contributed by atoms with E-state index in [1.807, 2.05) is 48.5 Å². The molecule has 0 aliphatic rings. The van der Waals surface area contributed by atoms with Crippen LogP contribution in [0.1, 0.15) is 22.8 Å². The van der Waals surface area contributed by atoms with E-state index in [4.69, 9.17) is 4.74 Å². The first-order chi connectivity index (χ1) is 9.35. The Balaban J connectivity index is 2.16. The van der Waals surface area contributed by atoms with Gasteiger partial charge in [-0.05, 0) is 23.4 Å². The Labute approximate surface area is 117 Å². The Kier molecular flexibility index (Phi) is 5.04. The Hall–Kier alpha value is -1.74. The van der Waals surface area contributed by atoms with Crippen LogP contribution in [0.2, 0.25) is 0 Å². The zero-order valence-corrected chi connectivity index (χ0v) is 11.7. The van der Waals surface area contributed by atoms with Gasteiger partial charge in [0.1, 0.15) is 12.4 Å². The van der Waals surface area contributed by atoms with Crippen molar-refractivity contribution < 1.29 is 9.53 Å². The average molecular weight is 272 g/mol. The van der Waals surface area contributed by atoms with Crippen LogP contribution < -0.4 is 4.74 Å². The fourth-order valence-electron chi connectivity index (χ4n) is 1.78. The van der Waals surface area contributed by atoms with Crippen LogP contribution in [-0.2, 0) is 6.61 Å². The third-order valence-corrected chi connectivity index (χ3v) is 3.64. The van der Waals surface area contributed by atoms with Crippen molar-refractivity contribution in [2.24, 2.45) is 0 Å². The van der Waals surface area contributed by atoms with Crippen LogP contribution >= 0.6 is 11.8 Å². The number of rotatable bonds is 6. The van der Waals surface area contributed by atoms with Gasteiger partial charge < -0.3 is 4.74 Å². The summed E-state index contributed by atoms with van der Waals surface area (Å²) in [7, 11) is 0. The minimum Gasteiger partial charge on any atom is -0.488 e. The van der Waals surface area contributed by atoms with Gasteiger partial charge in [-0.3, -0.25) is 4.79 Å². The molecule has 2 rings (SSSR count). The Bertz CT molecular complexity index is 538. The van der Waals surface area contributed by atoms with Crippen LogP contribution in [-0.4, -0.2) is 12.0 Å². The molecule has 0 bridgehead atoms. The quantitative estimate of drug-likeness (QED) is 0.582. The molecule has 0 fully saturated rings. The van der Waals surface area contributed by atoms with Crippen molar-refractivity contribution in [3.63, 3.8) is 0 Å². The third-order valence-electron chi connectivity index (χ3n) is 2.68. The maximum absolute atomic E-state index is 11.2. The second-order valence-electron chi connectivity index (χ2n) is 3.99. The number of hydrogen-bond donors (Lipinski definition) is 0. The van der Waals surface area contributed by atoms with Crippen LogP contribution in [0.4, 0.5) is 0 Å². The number of benzene rings is 2. The molecule has 0 aromatic heterocycles. The van der Waals surface area contributed by atoms with Gasteiger partial charge >= 0.3 is 0 Å². The minimum absolute atomic E-state index is 0.474. The SMILES string of the molecule is CCSc1cccc(OCc2ccccc2)c1C=O. The van der Waals surface area contributed by atoms with Gasteiger partial charge in [-0.25, -0.2) is 0 Å². The predicted molar refractivity (Wildman–Crippen MR) is 79.0 cm³/mol. The van der Waals surface area contributed by atoms with E-state index in [1.54, 1.807) is 11.8 Å². The van der Waals surface area contributed by atoms with E-state index in [9.17, 15) is 4.79 Å². The minimum atomic E-state index is 0.474. The van der Waals surface area contributed by atoms with Gasteiger partial charge in [0, 0.05) is 4.90 Å². The zero-order chi connectivity index (χ0) is 13.5. The Morgan fingerprint density at radius 3 is 2.58 bits per heavy atom. The number of thioether (sulfide) groups is 1. The molecule has 0 saturated heterocycles. The van der Waals surface area contributed by atoms with Crippen molar-refractivity contribution >= 4 is 18.0 Å². The summed E-state index contributed by atoms with van der Waals surface area (Å²) in [6.45, 7) is 2.54. The maximum Gasteiger partial charge on any atom is 0.154 e. The highest BCUT2D eigenvalue weighted by molar-refractivity contribution is 7.99. The van der Waals surface area contributed by atoms with E-state index in [-0.39, 0.29) is 0 Å². The van der Waals surface area contributed by atoms with Crippen LogP contribution in [0.3, 0.4) is 0 Å². The van der Waals surface area contributed by atoms with Crippen LogP contribution in [0.5, 0.6) is 5.75 Å². The predicted octanol–water partition coefficient (Wildman–Crippen LogP) is 4.19. The van der Waals surface area contributed by atoms with Crippen LogP contribution in [0, 0.1) is 0 Å². The van der Waals surface area contributed by atoms with Crippen molar-refractivity contribution in [3.8, 4) is 5.75 Å². The molecule has 0 atom stereocenters. The van der Waals surface area contributed by atoms with Gasteiger partial charge in [0.05, 0.1) is 5.56 Å². The number of carbonyl (C=O) groups excluding carboxylic acids is 1. The van der Waals surface area contributed by atoms with E-state index >= 15 is 0 Å². The third kappa shape index (κ3) is 3.61. The molecule has 0 radical (unpaired) electrons. The van der Waals surface area contributed by atoms with Gasteiger partial charge in [-0.15, -0.1) is 11.8 Å². The van der Waals surface area contributed by atoms with Gasteiger partial charge in [-0.1, -0.05) is 43.3 Å². The van der Waals surface area contributed by atoms with Crippen molar-refractivity contribution in [1.29, 1.82) is 0 Å². The normalized spacial score (nSPS) is 10.2. The van der Waals surface area contributed by atoms with Crippen molar-refractivity contribution in [1.82, 2.24) is 0 Å². The lowest BCUT2D eigenvalue weighted by Gasteiger charge is -2.11. The van der Waals surface area contributed by atoms with E-state index < -0.39 is 0 Å². The molecule has 19 heavy (non-hydrogen) atoms. The molecular weight excluding hydrogens is 256 g/mol. The van der Waals surface area contributed by atoms with E-state index in [0.29, 0.717) is 17.9 Å². The molecule has 2 aromatic rings. The highest BCUT2D eigenvalue weighted by atomic mass is 32.2. The molecule has 0 aliphatic heterocycles. The lowest BCUT2D eigenvalue weighted by Crippen LogP contribution is -1.99.